The van der Waals surface area contributed by atoms with Crippen LogP contribution >= 0.6 is 0 Å². The summed E-state index contributed by atoms with van der Waals surface area (Å²) in [4.78, 5) is 16.5. The van der Waals surface area contributed by atoms with Gasteiger partial charge in [-0.2, -0.15) is 0 Å². The number of amides is 1. The Labute approximate surface area is 151 Å². The van der Waals surface area contributed by atoms with Crippen molar-refractivity contribution in [1.82, 2.24) is 15.1 Å². The summed E-state index contributed by atoms with van der Waals surface area (Å²) in [6, 6.07) is 8.89. The molecule has 0 aromatic heterocycles. The number of piperazine rings is 1. The lowest BCUT2D eigenvalue weighted by Crippen LogP contribution is -2.49. The first kappa shape index (κ1) is 18.2. The van der Waals surface area contributed by atoms with Crippen LogP contribution in [0.25, 0.3) is 0 Å². The number of hydrogen-bond donors (Lipinski definition) is 1. The van der Waals surface area contributed by atoms with Crippen molar-refractivity contribution < 1.29 is 9.53 Å². The van der Waals surface area contributed by atoms with E-state index in [2.05, 4.69) is 48.5 Å². The van der Waals surface area contributed by atoms with Crippen LogP contribution in [0.2, 0.25) is 0 Å². The average Bonchev–Trinajstić information content (AvgIpc) is 3.41. The highest BCUT2D eigenvalue weighted by molar-refractivity contribution is 5.78. The predicted octanol–water partition coefficient (Wildman–Crippen LogP) is 2.08. The van der Waals surface area contributed by atoms with Gasteiger partial charge in [-0.3, -0.25) is 4.79 Å². The lowest BCUT2D eigenvalue weighted by molar-refractivity contribution is -0.131. The van der Waals surface area contributed by atoms with Crippen molar-refractivity contribution in [3.63, 3.8) is 0 Å². The number of likely N-dealkylation sites (N-methyl/N-ethyl adjacent to an activating group) is 1. The molecule has 5 heteroatoms. The second-order valence-electron chi connectivity index (χ2n) is 7.28. The number of rotatable bonds is 8. The molecule has 1 aromatic carbocycles. The van der Waals surface area contributed by atoms with Crippen molar-refractivity contribution in [3.8, 4) is 5.75 Å². The van der Waals surface area contributed by atoms with Gasteiger partial charge in [0.15, 0.2) is 0 Å². The Hall–Kier alpha value is -1.59. The van der Waals surface area contributed by atoms with Crippen LogP contribution in [-0.2, 0) is 4.79 Å². The summed E-state index contributed by atoms with van der Waals surface area (Å²) in [5.74, 6) is 1.72. The quantitative estimate of drug-likeness (QED) is 0.733. The molecule has 2 fully saturated rings. The zero-order valence-corrected chi connectivity index (χ0v) is 15.5. The third kappa shape index (κ3) is 5.19. The van der Waals surface area contributed by atoms with Crippen LogP contribution in [0.4, 0.5) is 0 Å². The number of ether oxygens (including phenoxy) is 1. The first-order valence-electron chi connectivity index (χ1n) is 9.60. The number of carbonyl (C=O) groups is 1. The molecule has 2 atom stereocenters. The van der Waals surface area contributed by atoms with Gasteiger partial charge in [0.25, 0.3) is 0 Å². The topological polar surface area (TPSA) is 44.8 Å². The number of nitrogens with one attached hydrogen (secondary N) is 1. The molecule has 1 aliphatic carbocycles. The molecule has 138 valence electrons. The smallest absolute Gasteiger partial charge is 0.236 e. The van der Waals surface area contributed by atoms with E-state index in [9.17, 15) is 4.79 Å². The summed E-state index contributed by atoms with van der Waals surface area (Å²) in [5, 5.41) is 3.43. The minimum atomic E-state index is 0.235. The molecule has 0 radical (unpaired) electrons. The van der Waals surface area contributed by atoms with Crippen molar-refractivity contribution >= 4 is 5.91 Å². The van der Waals surface area contributed by atoms with Crippen molar-refractivity contribution in [1.29, 1.82) is 0 Å². The molecular weight excluding hydrogens is 314 g/mol. The summed E-state index contributed by atoms with van der Waals surface area (Å²) in [6.45, 7) is 7.08. The number of carbonyl (C=O) groups excluding carboxylic acids is 1. The van der Waals surface area contributed by atoms with Gasteiger partial charge in [0.05, 0.1) is 13.2 Å². The summed E-state index contributed by atoms with van der Waals surface area (Å²) >= 11 is 0. The number of hydrogen-bond acceptors (Lipinski definition) is 4. The molecule has 1 aliphatic heterocycles. The minimum absolute atomic E-state index is 0.235. The number of unbranched alkanes of at least 4 members (excludes halogenated alkanes) is 1. The zero-order chi connectivity index (χ0) is 17.6. The highest BCUT2D eigenvalue weighted by atomic mass is 16.5. The van der Waals surface area contributed by atoms with Crippen molar-refractivity contribution in [2.75, 3.05) is 46.4 Å². The van der Waals surface area contributed by atoms with Gasteiger partial charge in [-0.15, -0.1) is 0 Å². The largest absolute Gasteiger partial charge is 0.494 e. The Bertz CT molecular complexity index is 553. The van der Waals surface area contributed by atoms with Crippen LogP contribution in [0.3, 0.4) is 0 Å². The normalized spacial score (nSPS) is 23.5. The van der Waals surface area contributed by atoms with Crippen molar-refractivity contribution in [3.05, 3.63) is 29.8 Å². The highest BCUT2D eigenvalue weighted by Gasteiger charge is 2.38. The van der Waals surface area contributed by atoms with Crippen LogP contribution in [0.1, 0.15) is 37.7 Å². The van der Waals surface area contributed by atoms with Gasteiger partial charge in [0, 0.05) is 38.1 Å². The van der Waals surface area contributed by atoms with Crippen molar-refractivity contribution in [2.45, 2.75) is 38.1 Å². The Morgan fingerprint density at radius 2 is 1.92 bits per heavy atom. The molecule has 1 N–H and O–H groups in total. The van der Waals surface area contributed by atoms with Gasteiger partial charge in [0.1, 0.15) is 5.75 Å². The molecule has 1 amide bonds. The van der Waals surface area contributed by atoms with Gasteiger partial charge in [-0.1, -0.05) is 25.5 Å². The fourth-order valence-corrected chi connectivity index (χ4v) is 3.32. The van der Waals surface area contributed by atoms with E-state index in [-0.39, 0.29) is 5.91 Å². The molecule has 3 rings (SSSR count). The molecule has 2 aliphatic rings. The first-order chi connectivity index (χ1) is 12.2. The van der Waals surface area contributed by atoms with Gasteiger partial charge >= 0.3 is 0 Å². The van der Waals surface area contributed by atoms with Gasteiger partial charge in [-0.05, 0) is 37.6 Å². The highest BCUT2D eigenvalue weighted by Crippen LogP contribution is 2.41. The maximum atomic E-state index is 12.3. The minimum Gasteiger partial charge on any atom is -0.494 e. The first-order valence-corrected chi connectivity index (χ1v) is 9.60. The zero-order valence-electron chi connectivity index (χ0n) is 15.5. The molecule has 1 aromatic rings. The Kier molecular flexibility index (Phi) is 6.32. The van der Waals surface area contributed by atoms with Gasteiger partial charge in [0.2, 0.25) is 5.91 Å². The fourth-order valence-electron chi connectivity index (χ4n) is 3.32. The molecule has 25 heavy (non-hydrogen) atoms. The molecule has 0 spiro atoms. The van der Waals surface area contributed by atoms with E-state index in [0.717, 1.165) is 57.8 Å². The van der Waals surface area contributed by atoms with Gasteiger partial charge < -0.3 is 19.9 Å². The maximum absolute atomic E-state index is 12.3. The van der Waals surface area contributed by atoms with E-state index in [1.807, 2.05) is 4.90 Å². The van der Waals surface area contributed by atoms with Gasteiger partial charge in [-0.25, -0.2) is 0 Å². The molecule has 0 unspecified atom stereocenters. The third-order valence-electron chi connectivity index (χ3n) is 5.24. The molecule has 1 saturated heterocycles. The second kappa shape index (κ2) is 8.68. The third-order valence-corrected chi connectivity index (χ3v) is 5.24. The van der Waals surface area contributed by atoms with Crippen LogP contribution < -0.4 is 10.1 Å². The summed E-state index contributed by atoms with van der Waals surface area (Å²) in [6.07, 6.45) is 3.37. The summed E-state index contributed by atoms with van der Waals surface area (Å²) in [5.41, 5.74) is 1.34. The van der Waals surface area contributed by atoms with E-state index < -0.39 is 0 Å². The molecular formula is C20H31N3O2. The Morgan fingerprint density at radius 3 is 2.60 bits per heavy atom. The van der Waals surface area contributed by atoms with E-state index in [0.29, 0.717) is 18.5 Å². The average molecular weight is 345 g/mol. The monoisotopic (exact) mass is 345 g/mol. The van der Waals surface area contributed by atoms with E-state index in [1.54, 1.807) is 0 Å². The van der Waals surface area contributed by atoms with E-state index >= 15 is 0 Å². The van der Waals surface area contributed by atoms with Crippen LogP contribution in [0, 0.1) is 0 Å². The van der Waals surface area contributed by atoms with Crippen LogP contribution in [0.15, 0.2) is 24.3 Å². The Balaban J connectivity index is 1.38. The molecule has 5 nitrogen and oxygen atoms in total. The number of nitrogens with zero attached hydrogens (tertiary/aromatic N) is 2. The van der Waals surface area contributed by atoms with Crippen LogP contribution in [0.5, 0.6) is 5.75 Å². The lowest BCUT2D eigenvalue weighted by atomic mass is 10.1. The summed E-state index contributed by atoms with van der Waals surface area (Å²) < 4.78 is 5.71. The predicted molar refractivity (Wildman–Crippen MR) is 100 cm³/mol. The fraction of sp³-hybridized carbons (Fsp3) is 0.650. The Morgan fingerprint density at radius 1 is 1.20 bits per heavy atom. The molecule has 0 bridgehead atoms. The SMILES string of the molecule is CCCCOc1ccc([C@@H]2C[C@H]2NCC(=O)N2CCN(C)CC2)cc1. The maximum Gasteiger partial charge on any atom is 0.236 e. The standard InChI is InChI=1S/C20H31N3O2/c1-3-4-13-25-17-7-5-16(6-8-17)18-14-19(18)21-15-20(24)23-11-9-22(2)10-12-23/h5-8,18-19,21H,3-4,9-15H2,1-2H3/t18-,19+/m0/s1. The second-order valence-corrected chi connectivity index (χ2v) is 7.28. The number of benzene rings is 1. The van der Waals surface area contributed by atoms with Crippen LogP contribution in [-0.4, -0.2) is 68.1 Å². The molecule has 1 saturated carbocycles. The van der Waals surface area contributed by atoms with Crippen molar-refractivity contribution in [2.24, 2.45) is 0 Å². The molecule has 1 heterocycles. The van der Waals surface area contributed by atoms with E-state index in [4.69, 9.17) is 4.74 Å². The van der Waals surface area contributed by atoms with E-state index in [1.165, 1.54) is 5.56 Å². The summed E-state index contributed by atoms with van der Waals surface area (Å²) in [7, 11) is 2.11. The lowest BCUT2D eigenvalue weighted by Gasteiger charge is -2.32.